The molecule has 13 heteroatoms. The summed E-state index contributed by atoms with van der Waals surface area (Å²) in [5, 5.41) is -0.0179. The number of ether oxygens (including phenoxy) is 4. The maximum atomic E-state index is 14.3. The standard InChI is InChI=1S/C31H32ClN3O9/c1-14-9-18-16(25(37)31(14)26(38)22-20(41-5)11-21(42-6)23(32)24(22)44-31)10-17-27(33-18)34(4)29(40)35(28(17)39)13-19(36)15-7-8-43-30(2,3)12-15/h10-11,14-15H,7-9,12-13H2,1-6H3. The molecule has 0 amide bonds. The fraction of sp³-hybridized carbons (Fsp3) is 0.484. The highest BCUT2D eigenvalue weighted by Crippen LogP contribution is 2.53. The number of fused-ring (bicyclic) bond motifs is 3. The Morgan fingerprint density at radius 3 is 2.48 bits per heavy atom. The highest BCUT2D eigenvalue weighted by atomic mass is 35.5. The Morgan fingerprint density at radius 1 is 1.11 bits per heavy atom. The van der Waals surface area contributed by atoms with Crippen LogP contribution in [0.1, 0.15) is 60.0 Å². The lowest BCUT2D eigenvalue weighted by molar-refractivity contribution is -0.133. The third kappa shape index (κ3) is 4.21. The summed E-state index contributed by atoms with van der Waals surface area (Å²) in [6.45, 7) is 5.45. The van der Waals surface area contributed by atoms with E-state index in [-0.39, 0.29) is 62.6 Å². The number of aryl methyl sites for hydroxylation is 1. The van der Waals surface area contributed by atoms with Gasteiger partial charge in [-0.3, -0.25) is 28.3 Å². The number of carbonyl (C=O) groups is 3. The lowest BCUT2D eigenvalue weighted by atomic mass is 9.71. The maximum absolute atomic E-state index is 14.3. The third-order valence-electron chi connectivity index (χ3n) is 9.05. The molecule has 3 aromatic rings. The predicted octanol–water partition coefficient (Wildman–Crippen LogP) is 2.93. The molecule has 232 valence electrons. The van der Waals surface area contributed by atoms with Crippen LogP contribution in [0, 0.1) is 11.8 Å². The summed E-state index contributed by atoms with van der Waals surface area (Å²) in [4.78, 5) is 73.2. The van der Waals surface area contributed by atoms with E-state index < -0.39 is 46.5 Å². The molecule has 1 saturated heterocycles. The number of benzene rings is 1. The van der Waals surface area contributed by atoms with Crippen molar-refractivity contribution in [3.8, 4) is 17.2 Å². The van der Waals surface area contributed by atoms with Crippen LogP contribution in [-0.4, -0.2) is 63.5 Å². The van der Waals surface area contributed by atoms with Gasteiger partial charge in [0.2, 0.25) is 17.2 Å². The van der Waals surface area contributed by atoms with E-state index >= 15 is 0 Å². The molecule has 6 rings (SSSR count). The number of pyridine rings is 1. The summed E-state index contributed by atoms with van der Waals surface area (Å²) >= 11 is 6.52. The minimum atomic E-state index is -1.99. The van der Waals surface area contributed by atoms with Gasteiger partial charge >= 0.3 is 5.69 Å². The van der Waals surface area contributed by atoms with Gasteiger partial charge in [0.25, 0.3) is 5.56 Å². The zero-order valence-corrected chi connectivity index (χ0v) is 26.0. The lowest BCUT2D eigenvalue weighted by Crippen LogP contribution is -2.57. The van der Waals surface area contributed by atoms with Gasteiger partial charge < -0.3 is 18.9 Å². The second kappa shape index (κ2) is 10.3. The molecular formula is C31H32ClN3O9. The first-order chi connectivity index (χ1) is 20.8. The molecule has 0 radical (unpaired) electrons. The van der Waals surface area contributed by atoms with Crippen LogP contribution in [-0.2, 0) is 29.5 Å². The number of carbonyl (C=O) groups excluding carboxylic acids is 3. The van der Waals surface area contributed by atoms with Gasteiger partial charge in [-0.1, -0.05) is 18.5 Å². The topological polar surface area (TPSA) is 145 Å². The van der Waals surface area contributed by atoms with Gasteiger partial charge in [-0.2, -0.15) is 0 Å². The van der Waals surface area contributed by atoms with E-state index in [0.29, 0.717) is 25.1 Å². The SMILES string of the molecule is COc1cc(OC)c2c(c1Cl)OC1(C(=O)c3cc4c(=O)n(CC(=O)C5CCOC(C)(C)C5)c(=O)n(C)c4nc3CC1C)C2=O. The highest BCUT2D eigenvalue weighted by Gasteiger charge is 2.62. The first kappa shape index (κ1) is 30.0. The molecule has 0 saturated carbocycles. The van der Waals surface area contributed by atoms with Crippen molar-refractivity contribution in [1.29, 1.82) is 0 Å². The second-order valence-electron chi connectivity index (χ2n) is 12.3. The van der Waals surface area contributed by atoms with Crippen molar-refractivity contribution >= 4 is 40.0 Å². The molecule has 0 bridgehead atoms. The fourth-order valence-corrected chi connectivity index (χ4v) is 6.94. The summed E-state index contributed by atoms with van der Waals surface area (Å²) in [7, 11) is 4.24. The van der Waals surface area contributed by atoms with Crippen LogP contribution < -0.4 is 25.5 Å². The molecule has 1 fully saturated rings. The minimum absolute atomic E-state index is 0.0126. The Labute approximate surface area is 256 Å². The van der Waals surface area contributed by atoms with E-state index in [0.717, 1.165) is 4.57 Å². The van der Waals surface area contributed by atoms with Gasteiger partial charge in [-0.15, -0.1) is 0 Å². The Kier molecular flexibility index (Phi) is 7.00. The average molecular weight is 626 g/mol. The molecule has 44 heavy (non-hydrogen) atoms. The third-order valence-corrected chi connectivity index (χ3v) is 9.41. The summed E-state index contributed by atoms with van der Waals surface area (Å²) < 4.78 is 24.7. The van der Waals surface area contributed by atoms with Crippen LogP contribution in [0.25, 0.3) is 11.0 Å². The quantitative estimate of drug-likeness (QED) is 0.388. The van der Waals surface area contributed by atoms with E-state index in [2.05, 4.69) is 4.98 Å². The highest BCUT2D eigenvalue weighted by molar-refractivity contribution is 6.36. The van der Waals surface area contributed by atoms with Crippen molar-refractivity contribution < 1.29 is 33.3 Å². The summed E-state index contributed by atoms with van der Waals surface area (Å²) in [6, 6.07) is 2.79. The van der Waals surface area contributed by atoms with Crippen LogP contribution in [0.15, 0.2) is 21.7 Å². The normalized spacial score (nSPS) is 23.8. The molecular weight excluding hydrogens is 594 g/mol. The number of hydrogen-bond acceptors (Lipinski definition) is 10. The summed E-state index contributed by atoms with van der Waals surface area (Å²) in [6.07, 6.45) is 1.09. The van der Waals surface area contributed by atoms with Gasteiger partial charge in [0.05, 0.1) is 37.4 Å². The number of aromatic nitrogens is 3. The minimum Gasteiger partial charge on any atom is -0.496 e. The first-order valence-corrected chi connectivity index (χ1v) is 14.7. The first-order valence-electron chi connectivity index (χ1n) is 14.3. The molecule has 3 aliphatic rings. The molecule has 0 N–H and O–H groups in total. The Morgan fingerprint density at radius 2 is 1.82 bits per heavy atom. The largest absolute Gasteiger partial charge is 0.496 e. The van der Waals surface area contributed by atoms with Gasteiger partial charge in [0, 0.05) is 37.1 Å². The number of rotatable bonds is 5. The zero-order valence-electron chi connectivity index (χ0n) is 25.2. The van der Waals surface area contributed by atoms with Crippen molar-refractivity contribution in [3.05, 3.63) is 54.8 Å². The van der Waals surface area contributed by atoms with E-state index in [4.69, 9.17) is 30.5 Å². The number of Topliss-reactive ketones (excluding diaryl/α,β-unsaturated/α-hetero) is 3. The predicted molar refractivity (Wildman–Crippen MR) is 158 cm³/mol. The molecule has 3 atom stereocenters. The molecule has 2 aliphatic heterocycles. The van der Waals surface area contributed by atoms with Crippen LogP contribution >= 0.6 is 11.6 Å². The van der Waals surface area contributed by atoms with Crippen molar-refractivity contribution in [2.24, 2.45) is 18.9 Å². The van der Waals surface area contributed by atoms with Crippen LogP contribution in [0.3, 0.4) is 0 Å². The van der Waals surface area contributed by atoms with E-state index in [1.165, 1.54) is 38.0 Å². The van der Waals surface area contributed by atoms with Crippen molar-refractivity contribution in [2.75, 3.05) is 20.8 Å². The van der Waals surface area contributed by atoms with Crippen molar-refractivity contribution in [3.63, 3.8) is 0 Å². The molecule has 4 heterocycles. The van der Waals surface area contributed by atoms with Gasteiger partial charge in [-0.25, -0.2) is 9.78 Å². The monoisotopic (exact) mass is 625 g/mol. The van der Waals surface area contributed by atoms with E-state index in [9.17, 15) is 24.0 Å². The van der Waals surface area contributed by atoms with Crippen LogP contribution in [0.5, 0.6) is 17.2 Å². The van der Waals surface area contributed by atoms with Crippen LogP contribution in [0.2, 0.25) is 5.02 Å². The Bertz CT molecular complexity index is 1910. The van der Waals surface area contributed by atoms with E-state index in [1.807, 2.05) is 13.8 Å². The molecule has 1 aromatic carbocycles. The Hall–Kier alpha value is -4.03. The zero-order chi connectivity index (χ0) is 31.9. The van der Waals surface area contributed by atoms with E-state index in [1.54, 1.807) is 6.92 Å². The second-order valence-corrected chi connectivity index (χ2v) is 12.6. The molecule has 2 aromatic heterocycles. The number of ketones is 3. The number of nitrogens with zero attached hydrogens (tertiary/aromatic N) is 3. The number of methoxy groups -OCH3 is 2. The smallest absolute Gasteiger partial charge is 0.332 e. The van der Waals surface area contributed by atoms with Gasteiger partial charge in [0.1, 0.15) is 27.7 Å². The van der Waals surface area contributed by atoms with Gasteiger partial charge in [0.15, 0.2) is 11.5 Å². The summed E-state index contributed by atoms with van der Waals surface area (Å²) in [5.41, 5.74) is -3.50. The van der Waals surface area contributed by atoms with Crippen molar-refractivity contribution in [2.45, 2.75) is 57.8 Å². The van der Waals surface area contributed by atoms with Crippen LogP contribution in [0.4, 0.5) is 0 Å². The molecule has 3 unspecified atom stereocenters. The fourth-order valence-electron chi connectivity index (χ4n) is 6.67. The van der Waals surface area contributed by atoms with Crippen molar-refractivity contribution in [1.82, 2.24) is 14.1 Å². The van der Waals surface area contributed by atoms with Gasteiger partial charge in [-0.05, 0) is 39.2 Å². The maximum Gasteiger partial charge on any atom is 0.332 e. The molecule has 1 aliphatic carbocycles. The average Bonchev–Trinajstić information content (AvgIpc) is 3.30. The number of halogens is 1. The number of hydrogen-bond donors (Lipinski definition) is 0. The lowest BCUT2D eigenvalue weighted by Gasteiger charge is -2.36. The summed E-state index contributed by atoms with van der Waals surface area (Å²) in [5.74, 6) is -2.32. The molecule has 1 spiro atoms. The molecule has 12 nitrogen and oxygen atoms in total. The Balaban J connectivity index is 1.45.